The van der Waals surface area contributed by atoms with Gasteiger partial charge in [0.15, 0.2) is 0 Å². The van der Waals surface area contributed by atoms with Crippen molar-refractivity contribution in [1.29, 1.82) is 0 Å². The fourth-order valence-electron chi connectivity index (χ4n) is 3.18. The van der Waals surface area contributed by atoms with E-state index in [4.69, 9.17) is 28.9 Å². The third-order valence-corrected chi connectivity index (χ3v) is 4.69. The molecule has 19 heavy (non-hydrogen) atoms. The number of hydrogen-bond donors (Lipinski definition) is 1. The third-order valence-electron chi connectivity index (χ3n) is 3.89. The van der Waals surface area contributed by atoms with Gasteiger partial charge >= 0.3 is 0 Å². The summed E-state index contributed by atoms with van der Waals surface area (Å²) in [5, 5.41) is 1.24. The summed E-state index contributed by atoms with van der Waals surface area (Å²) in [7, 11) is 0. The van der Waals surface area contributed by atoms with E-state index in [0.29, 0.717) is 16.6 Å². The van der Waals surface area contributed by atoms with Crippen LogP contribution >= 0.6 is 23.2 Å². The smallest absolute Gasteiger partial charge is 0.0673 e. The molecule has 1 atom stereocenters. The topological polar surface area (TPSA) is 26.0 Å². The highest BCUT2D eigenvalue weighted by Crippen LogP contribution is 2.50. The molecule has 3 rings (SSSR count). The van der Waals surface area contributed by atoms with Gasteiger partial charge in [0.1, 0.15) is 0 Å². The number of hydrogen-bond acceptors (Lipinski definition) is 1. The Kier molecular flexibility index (Phi) is 3.09. The van der Waals surface area contributed by atoms with Crippen LogP contribution in [-0.2, 0) is 0 Å². The fraction of sp³-hybridized carbons (Fsp3) is 0.250. The molecular formula is C16H15Cl2N. The second-order valence-corrected chi connectivity index (χ2v) is 5.94. The van der Waals surface area contributed by atoms with E-state index in [2.05, 4.69) is 32.0 Å². The summed E-state index contributed by atoms with van der Waals surface area (Å²) in [5.41, 5.74) is 13.2. The van der Waals surface area contributed by atoms with Gasteiger partial charge in [-0.2, -0.15) is 0 Å². The van der Waals surface area contributed by atoms with Crippen molar-refractivity contribution in [3.8, 4) is 11.1 Å². The third kappa shape index (κ3) is 1.80. The number of nitrogens with two attached hydrogens (primary N) is 1. The van der Waals surface area contributed by atoms with Crippen LogP contribution in [0.1, 0.15) is 28.2 Å². The SMILES string of the molecule is Cc1cc(C)c2c(c1)-c1c(ccc(Cl)c1Cl)C2CN. The Labute approximate surface area is 123 Å². The molecule has 0 fully saturated rings. The van der Waals surface area contributed by atoms with Gasteiger partial charge in [-0.1, -0.05) is 47.0 Å². The van der Waals surface area contributed by atoms with E-state index < -0.39 is 0 Å². The van der Waals surface area contributed by atoms with Gasteiger partial charge in [-0.05, 0) is 42.2 Å². The normalized spacial score (nSPS) is 16.4. The summed E-state index contributed by atoms with van der Waals surface area (Å²) in [4.78, 5) is 0. The summed E-state index contributed by atoms with van der Waals surface area (Å²) < 4.78 is 0. The number of aryl methyl sites for hydroxylation is 2. The standard InChI is InChI=1S/C16H15Cl2N/c1-8-5-9(2)14-11(6-8)15-10(12(14)7-19)3-4-13(17)16(15)18/h3-6,12H,7,19H2,1-2H3. The summed E-state index contributed by atoms with van der Waals surface area (Å²) in [6, 6.07) is 8.29. The lowest BCUT2D eigenvalue weighted by molar-refractivity contribution is 0.834. The zero-order valence-corrected chi connectivity index (χ0v) is 12.4. The van der Waals surface area contributed by atoms with E-state index >= 15 is 0 Å². The molecule has 98 valence electrons. The van der Waals surface area contributed by atoms with Gasteiger partial charge in [0, 0.05) is 18.0 Å². The summed E-state index contributed by atoms with van der Waals surface area (Å²) in [5.74, 6) is 0.223. The van der Waals surface area contributed by atoms with Crippen LogP contribution in [0.3, 0.4) is 0 Å². The molecular weight excluding hydrogens is 277 g/mol. The maximum absolute atomic E-state index is 6.42. The molecule has 0 heterocycles. The summed E-state index contributed by atoms with van der Waals surface area (Å²) in [6.45, 7) is 4.82. The Bertz CT molecular complexity index is 677. The Morgan fingerprint density at radius 1 is 1.16 bits per heavy atom. The Hall–Kier alpha value is -1.02. The molecule has 2 aromatic carbocycles. The number of rotatable bonds is 1. The van der Waals surface area contributed by atoms with E-state index in [1.54, 1.807) is 0 Å². The molecule has 0 saturated heterocycles. The Balaban J connectivity index is 2.41. The molecule has 0 aromatic heterocycles. The average molecular weight is 292 g/mol. The second-order valence-electron chi connectivity index (χ2n) is 5.16. The van der Waals surface area contributed by atoms with Gasteiger partial charge in [-0.25, -0.2) is 0 Å². The minimum atomic E-state index is 0.223. The minimum Gasteiger partial charge on any atom is -0.330 e. The lowest BCUT2D eigenvalue weighted by Crippen LogP contribution is -2.12. The summed E-state index contributed by atoms with van der Waals surface area (Å²) in [6.07, 6.45) is 0. The quantitative estimate of drug-likeness (QED) is 0.811. The average Bonchev–Trinajstić information content (AvgIpc) is 2.68. The second kappa shape index (κ2) is 4.52. The van der Waals surface area contributed by atoms with Crippen molar-refractivity contribution in [1.82, 2.24) is 0 Å². The van der Waals surface area contributed by atoms with Crippen LogP contribution in [-0.4, -0.2) is 6.54 Å². The highest BCUT2D eigenvalue weighted by atomic mass is 35.5. The minimum absolute atomic E-state index is 0.223. The molecule has 2 N–H and O–H groups in total. The highest BCUT2D eigenvalue weighted by molar-refractivity contribution is 6.44. The van der Waals surface area contributed by atoms with Crippen molar-refractivity contribution in [2.24, 2.45) is 5.73 Å². The van der Waals surface area contributed by atoms with Crippen LogP contribution in [0.5, 0.6) is 0 Å². The van der Waals surface area contributed by atoms with E-state index in [0.717, 1.165) is 5.56 Å². The van der Waals surface area contributed by atoms with Crippen molar-refractivity contribution in [3.05, 3.63) is 56.6 Å². The molecule has 3 heteroatoms. The number of fused-ring (bicyclic) bond motifs is 3. The van der Waals surface area contributed by atoms with E-state index in [9.17, 15) is 0 Å². The van der Waals surface area contributed by atoms with Crippen LogP contribution < -0.4 is 5.73 Å². The van der Waals surface area contributed by atoms with Gasteiger partial charge in [-0.3, -0.25) is 0 Å². The highest BCUT2D eigenvalue weighted by Gasteiger charge is 2.31. The molecule has 2 aromatic rings. The zero-order valence-electron chi connectivity index (χ0n) is 10.9. The van der Waals surface area contributed by atoms with Crippen molar-refractivity contribution >= 4 is 23.2 Å². The predicted molar refractivity (Wildman–Crippen MR) is 82.3 cm³/mol. The van der Waals surface area contributed by atoms with Crippen LogP contribution in [0.15, 0.2) is 24.3 Å². The van der Waals surface area contributed by atoms with Crippen molar-refractivity contribution in [2.75, 3.05) is 6.54 Å². The largest absolute Gasteiger partial charge is 0.330 e. The fourth-order valence-corrected chi connectivity index (χ4v) is 3.61. The molecule has 1 unspecified atom stereocenters. The molecule has 1 aliphatic rings. The molecule has 1 aliphatic carbocycles. The van der Waals surface area contributed by atoms with Gasteiger partial charge in [0.25, 0.3) is 0 Å². The first-order valence-corrected chi connectivity index (χ1v) is 7.09. The zero-order chi connectivity index (χ0) is 13.7. The van der Waals surface area contributed by atoms with E-state index in [-0.39, 0.29) is 5.92 Å². The van der Waals surface area contributed by atoms with Crippen LogP contribution in [0, 0.1) is 13.8 Å². The molecule has 0 saturated carbocycles. The molecule has 1 nitrogen and oxygen atoms in total. The molecule has 0 bridgehead atoms. The van der Waals surface area contributed by atoms with Crippen molar-refractivity contribution in [3.63, 3.8) is 0 Å². The predicted octanol–water partition coefficient (Wildman–Crippen LogP) is 4.68. The maximum Gasteiger partial charge on any atom is 0.0673 e. The lowest BCUT2D eigenvalue weighted by Gasteiger charge is -2.13. The molecule has 0 spiro atoms. The van der Waals surface area contributed by atoms with Crippen molar-refractivity contribution < 1.29 is 0 Å². The van der Waals surface area contributed by atoms with Gasteiger partial charge in [-0.15, -0.1) is 0 Å². The first-order valence-electron chi connectivity index (χ1n) is 6.34. The van der Waals surface area contributed by atoms with Crippen molar-refractivity contribution in [2.45, 2.75) is 19.8 Å². The number of halogens is 2. The van der Waals surface area contributed by atoms with Gasteiger partial charge in [0.2, 0.25) is 0 Å². The molecule has 0 radical (unpaired) electrons. The molecule has 0 aliphatic heterocycles. The van der Waals surface area contributed by atoms with Gasteiger partial charge in [0.05, 0.1) is 10.0 Å². The molecule has 0 amide bonds. The van der Waals surface area contributed by atoms with Crippen LogP contribution in [0.2, 0.25) is 10.0 Å². The Morgan fingerprint density at radius 3 is 2.58 bits per heavy atom. The van der Waals surface area contributed by atoms with E-state index in [1.165, 1.54) is 27.8 Å². The summed E-state index contributed by atoms with van der Waals surface area (Å²) >= 11 is 12.6. The lowest BCUT2D eigenvalue weighted by atomic mass is 9.92. The maximum atomic E-state index is 6.42. The Morgan fingerprint density at radius 2 is 1.89 bits per heavy atom. The monoisotopic (exact) mass is 291 g/mol. The number of benzene rings is 2. The first kappa shape index (κ1) is 13.0. The van der Waals surface area contributed by atoms with Gasteiger partial charge < -0.3 is 5.73 Å². The van der Waals surface area contributed by atoms with Crippen LogP contribution in [0.4, 0.5) is 0 Å². The van der Waals surface area contributed by atoms with Crippen LogP contribution in [0.25, 0.3) is 11.1 Å². The first-order chi connectivity index (χ1) is 9.04. The van der Waals surface area contributed by atoms with E-state index in [1.807, 2.05) is 6.07 Å².